The van der Waals surface area contributed by atoms with Crippen LogP contribution in [0.1, 0.15) is 6.92 Å². The molecule has 1 N–H and O–H groups in total. The van der Waals surface area contributed by atoms with E-state index in [1.165, 1.54) is 11.8 Å². The standard InChI is InChI=1S/C19H21N5OS/c1-14(18(25)21-15-9-11-16(12-10-15)23(2)3)26-19-20-13-24(22-19)17-7-5-4-6-8-17/h4-14H,1-3H3,(H,21,25). The van der Waals surface area contributed by atoms with Gasteiger partial charge in [-0.25, -0.2) is 9.67 Å². The smallest absolute Gasteiger partial charge is 0.237 e. The zero-order valence-electron chi connectivity index (χ0n) is 15.0. The minimum Gasteiger partial charge on any atom is -0.378 e. The number of nitrogens with zero attached hydrogens (tertiary/aromatic N) is 4. The van der Waals surface area contributed by atoms with Crippen LogP contribution in [-0.2, 0) is 4.79 Å². The number of hydrogen-bond acceptors (Lipinski definition) is 5. The van der Waals surface area contributed by atoms with Crippen molar-refractivity contribution in [2.45, 2.75) is 17.3 Å². The number of anilines is 2. The largest absolute Gasteiger partial charge is 0.378 e. The molecule has 1 unspecified atom stereocenters. The number of carbonyl (C=O) groups excluding carboxylic acids is 1. The number of nitrogens with one attached hydrogen (secondary N) is 1. The third-order valence-corrected chi connectivity index (χ3v) is 4.76. The number of thioether (sulfide) groups is 1. The predicted octanol–water partition coefficient (Wildman–Crippen LogP) is 3.45. The van der Waals surface area contributed by atoms with Gasteiger partial charge in [0.1, 0.15) is 6.33 Å². The van der Waals surface area contributed by atoms with Gasteiger partial charge in [0.15, 0.2) is 0 Å². The molecule has 1 aromatic heterocycles. The number of para-hydroxylation sites is 1. The van der Waals surface area contributed by atoms with Gasteiger partial charge in [-0.3, -0.25) is 4.79 Å². The maximum Gasteiger partial charge on any atom is 0.237 e. The average molecular weight is 367 g/mol. The Balaban J connectivity index is 1.60. The summed E-state index contributed by atoms with van der Waals surface area (Å²) in [4.78, 5) is 18.7. The number of rotatable bonds is 6. The highest BCUT2D eigenvalue weighted by Crippen LogP contribution is 2.22. The van der Waals surface area contributed by atoms with Gasteiger partial charge in [0.2, 0.25) is 11.1 Å². The molecule has 0 saturated heterocycles. The van der Waals surface area contributed by atoms with Crippen LogP contribution in [0.25, 0.3) is 5.69 Å². The van der Waals surface area contributed by atoms with Gasteiger partial charge in [0, 0.05) is 25.5 Å². The zero-order valence-corrected chi connectivity index (χ0v) is 15.8. The van der Waals surface area contributed by atoms with Crippen molar-refractivity contribution >= 4 is 29.0 Å². The van der Waals surface area contributed by atoms with Gasteiger partial charge in [-0.15, -0.1) is 5.10 Å². The van der Waals surface area contributed by atoms with Crippen molar-refractivity contribution in [3.05, 3.63) is 60.9 Å². The highest BCUT2D eigenvalue weighted by molar-refractivity contribution is 8.00. The normalized spacial score (nSPS) is 11.8. The predicted molar refractivity (Wildman–Crippen MR) is 106 cm³/mol. The Morgan fingerprint density at radius 1 is 1.12 bits per heavy atom. The highest BCUT2D eigenvalue weighted by atomic mass is 32.2. The van der Waals surface area contributed by atoms with E-state index in [1.807, 2.05) is 80.5 Å². The maximum atomic E-state index is 12.4. The first kappa shape index (κ1) is 18.0. The molecule has 0 fully saturated rings. The monoisotopic (exact) mass is 367 g/mol. The molecule has 0 saturated carbocycles. The maximum absolute atomic E-state index is 12.4. The Bertz CT molecular complexity index is 861. The molecular weight excluding hydrogens is 346 g/mol. The Labute approximate surface area is 157 Å². The summed E-state index contributed by atoms with van der Waals surface area (Å²) in [6, 6.07) is 17.5. The van der Waals surface area contributed by atoms with E-state index in [0.717, 1.165) is 17.1 Å². The van der Waals surface area contributed by atoms with Crippen molar-refractivity contribution in [1.29, 1.82) is 0 Å². The number of amides is 1. The van der Waals surface area contributed by atoms with E-state index < -0.39 is 0 Å². The van der Waals surface area contributed by atoms with Crippen molar-refractivity contribution < 1.29 is 4.79 Å². The summed E-state index contributed by atoms with van der Waals surface area (Å²) < 4.78 is 1.70. The topological polar surface area (TPSA) is 63.1 Å². The first-order chi connectivity index (χ1) is 12.5. The van der Waals surface area contributed by atoms with Crippen molar-refractivity contribution in [3.8, 4) is 5.69 Å². The van der Waals surface area contributed by atoms with E-state index in [0.29, 0.717) is 5.16 Å². The molecule has 6 nitrogen and oxygen atoms in total. The number of carbonyl (C=O) groups is 1. The summed E-state index contributed by atoms with van der Waals surface area (Å²) in [5.41, 5.74) is 2.79. The first-order valence-electron chi connectivity index (χ1n) is 8.25. The second-order valence-electron chi connectivity index (χ2n) is 6.00. The van der Waals surface area contributed by atoms with Crippen LogP contribution in [0, 0.1) is 0 Å². The van der Waals surface area contributed by atoms with Gasteiger partial charge < -0.3 is 10.2 Å². The molecule has 1 heterocycles. The van der Waals surface area contributed by atoms with Gasteiger partial charge >= 0.3 is 0 Å². The molecular formula is C19H21N5OS. The lowest BCUT2D eigenvalue weighted by Crippen LogP contribution is -2.22. The summed E-state index contributed by atoms with van der Waals surface area (Å²) in [6.07, 6.45) is 1.66. The lowest BCUT2D eigenvalue weighted by molar-refractivity contribution is -0.115. The molecule has 3 aromatic rings. The molecule has 7 heteroatoms. The Kier molecular flexibility index (Phi) is 5.58. The van der Waals surface area contributed by atoms with Crippen LogP contribution in [0.5, 0.6) is 0 Å². The fourth-order valence-corrected chi connectivity index (χ4v) is 3.03. The molecule has 2 aromatic carbocycles. The van der Waals surface area contributed by atoms with Crippen LogP contribution in [0.3, 0.4) is 0 Å². The summed E-state index contributed by atoms with van der Waals surface area (Å²) in [6.45, 7) is 1.84. The minimum absolute atomic E-state index is 0.0799. The molecule has 1 amide bonds. The van der Waals surface area contributed by atoms with E-state index in [4.69, 9.17) is 0 Å². The molecule has 0 bridgehead atoms. The first-order valence-corrected chi connectivity index (χ1v) is 9.13. The third-order valence-electron chi connectivity index (χ3n) is 3.79. The van der Waals surface area contributed by atoms with E-state index >= 15 is 0 Å². The van der Waals surface area contributed by atoms with Crippen LogP contribution < -0.4 is 10.2 Å². The van der Waals surface area contributed by atoms with Crippen molar-refractivity contribution in [3.63, 3.8) is 0 Å². The van der Waals surface area contributed by atoms with Gasteiger partial charge in [0.25, 0.3) is 0 Å². The third kappa shape index (κ3) is 4.43. The van der Waals surface area contributed by atoms with E-state index in [1.54, 1.807) is 11.0 Å². The van der Waals surface area contributed by atoms with Crippen LogP contribution in [0.2, 0.25) is 0 Å². The van der Waals surface area contributed by atoms with Gasteiger partial charge in [-0.05, 0) is 43.3 Å². The molecule has 134 valence electrons. The number of benzene rings is 2. The van der Waals surface area contributed by atoms with Crippen LogP contribution >= 0.6 is 11.8 Å². The number of hydrogen-bond donors (Lipinski definition) is 1. The SMILES string of the molecule is CC(Sc1ncn(-c2ccccc2)n1)C(=O)Nc1ccc(N(C)C)cc1. The van der Waals surface area contributed by atoms with Crippen molar-refractivity contribution in [2.75, 3.05) is 24.3 Å². The van der Waals surface area contributed by atoms with Crippen molar-refractivity contribution in [1.82, 2.24) is 14.8 Å². The molecule has 0 aliphatic heterocycles. The van der Waals surface area contributed by atoms with Crippen LogP contribution in [0.4, 0.5) is 11.4 Å². The van der Waals surface area contributed by atoms with Gasteiger partial charge in [-0.1, -0.05) is 30.0 Å². The number of aromatic nitrogens is 3. The molecule has 26 heavy (non-hydrogen) atoms. The second kappa shape index (κ2) is 8.05. The summed E-state index contributed by atoms with van der Waals surface area (Å²) >= 11 is 1.33. The molecule has 0 aliphatic carbocycles. The quantitative estimate of drug-likeness (QED) is 0.676. The van der Waals surface area contributed by atoms with E-state index in [9.17, 15) is 4.79 Å². The Hall–Kier alpha value is -2.80. The Morgan fingerprint density at radius 3 is 2.46 bits per heavy atom. The van der Waals surface area contributed by atoms with Crippen LogP contribution in [0.15, 0.2) is 66.1 Å². The molecule has 0 spiro atoms. The molecule has 0 aliphatic rings. The molecule has 0 radical (unpaired) electrons. The van der Waals surface area contributed by atoms with Crippen molar-refractivity contribution in [2.24, 2.45) is 0 Å². The fraction of sp³-hybridized carbons (Fsp3) is 0.211. The molecule has 1 atom stereocenters. The van der Waals surface area contributed by atoms with E-state index in [-0.39, 0.29) is 11.2 Å². The Morgan fingerprint density at radius 2 is 1.81 bits per heavy atom. The summed E-state index contributed by atoms with van der Waals surface area (Å²) in [7, 11) is 3.96. The zero-order chi connectivity index (χ0) is 18.5. The average Bonchev–Trinajstić information content (AvgIpc) is 3.11. The highest BCUT2D eigenvalue weighted by Gasteiger charge is 2.17. The summed E-state index contributed by atoms with van der Waals surface area (Å²) in [5.74, 6) is -0.0799. The second-order valence-corrected chi connectivity index (χ2v) is 7.31. The molecule has 3 rings (SSSR count). The van der Waals surface area contributed by atoms with Crippen LogP contribution in [-0.4, -0.2) is 40.0 Å². The van der Waals surface area contributed by atoms with Gasteiger partial charge in [0.05, 0.1) is 10.9 Å². The summed E-state index contributed by atoms with van der Waals surface area (Å²) in [5, 5.41) is 7.61. The lowest BCUT2D eigenvalue weighted by Gasteiger charge is -2.14. The van der Waals surface area contributed by atoms with E-state index in [2.05, 4.69) is 15.4 Å². The van der Waals surface area contributed by atoms with Gasteiger partial charge in [-0.2, -0.15) is 0 Å². The fourth-order valence-electron chi connectivity index (χ4n) is 2.31. The minimum atomic E-state index is -0.310. The lowest BCUT2D eigenvalue weighted by atomic mass is 10.2.